The van der Waals surface area contributed by atoms with Crippen LogP contribution in [0.5, 0.6) is 0 Å². The monoisotopic (exact) mass is 723 g/mol. The predicted molar refractivity (Wildman–Crippen MR) is 237 cm³/mol. The summed E-state index contributed by atoms with van der Waals surface area (Å²) in [5, 5.41) is 7.32. The Balaban J connectivity index is 1.15. The van der Waals surface area contributed by atoms with Crippen LogP contribution in [0.25, 0.3) is 80.7 Å². The molecule has 0 spiro atoms. The fraction of sp³-hybridized carbons (Fsp3) is 0.0385. The van der Waals surface area contributed by atoms with Gasteiger partial charge in [0.05, 0.1) is 0 Å². The Morgan fingerprint density at radius 2 is 1.20 bits per heavy atom. The van der Waals surface area contributed by atoms with Crippen LogP contribution in [0.15, 0.2) is 198 Å². The van der Waals surface area contributed by atoms with Crippen molar-refractivity contribution in [2.24, 2.45) is 0 Å². The van der Waals surface area contributed by atoms with Crippen LogP contribution in [-0.2, 0) is 0 Å². The third-order valence-electron chi connectivity index (χ3n) is 10.8. The van der Waals surface area contributed by atoms with Gasteiger partial charge in [-0.25, -0.2) is 0 Å². The minimum Gasteiger partial charge on any atom is -0.456 e. The van der Waals surface area contributed by atoms with Crippen LogP contribution in [0.4, 0.5) is 11.4 Å². The van der Waals surface area contributed by atoms with E-state index in [0.29, 0.717) is 0 Å². The summed E-state index contributed by atoms with van der Waals surface area (Å²) in [6.45, 7) is 4.36. The van der Waals surface area contributed by atoms with Gasteiger partial charge in [-0.15, -0.1) is 11.3 Å². The quantitative estimate of drug-likeness (QED) is 0.152. The highest BCUT2D eigenvalue weighted by Crippen LogP contribution is 2.43. The highest BCUT2D eigenvalue weighted by Gasteiger charge is 2.21. The van der Waals surface area contributed by atoms with E-state index in [1.165, 1.54) is 58.8 Å². The molecule has 0 saturated heterocycles. The minimum absolute atomic E-state index is 0.884. The standard InChI is InChI=1S/C52H37NOS/c1-3-13-41(45-22-12-25-51-52(45)46-20-7-9-24-50(46)55-51)34(2)53(40-30-31-49-47(33-40)44-19-6-8-23-48(44)54-49)39-17-10-16-38(32-39)35-26-28-37(29-27-35)43-21-11-15-36-14-4-5-18-42(36)43/h3-33H,1-2H3/b13-3-,41-34-. The van der Waals surface area contributed by atoms with Crippen LogP contribution in [0, 0.1) is 0 Å². The number of thiophene rings is 1. The number of anilines is 2. The van der Waals surface area contributed by atoms with Crippen molar-refractivity contribution < 1.29 is 4.42 Å². The van der Waals surface area contributed by atoms with E-state index in [4.69, 9.17) is 4.42 Å². The Morgan fingerprint density at radius 3 is 2.07 bits per heavy atom. The largest absolute Gasteiger partial charge is 0.456 e. The van der Waals surface area contributed by atoms with Gasteiger partial charge in [0.15, 0.2) is 0 Å². The van der Waals surface area contributed by atoms with E-state index < -0.39 is 0 Å². The lowest BCUT2D eigenvalue weighted by molar-refractivity contribution is 0.669. The number of hydrogen-bond donors (Lipinski definition) is 0. The second-order valence-corrected chi connectivity index (χ2v) is 15.1. The number of benzene rings is 8. The molecule has 2 heterocycles. The summed E-state index contributed by atoms with van der Waals surface area (Å²) < 4.78 is 8.88. The molecule has 0 radical (unpaired) electrons. The molecule has 0 atom stereocenters. The third kappa shape index (κ3) is 5.72. The molecule has 0 bridgehead atoms. The maximum atomic E-state index is 6.29. The first-order chi connectivity index (χ1) is 27.1. The SMILES string of the molecule is C/C=C\C(=C(/C)N(c1cccc(-c2ccc(-c3cccc4ccccc34)cc2)c1)c1ccc2oc3ccccc3c2c1)c1cccc2sc3ccccc3c12. The summed E-state index contributed by atoms with van der Waals surface area (Å²) in [6.07, 6.45) is 4.43. The average Bonchev–Trinajstić information content (AvgIpc) is 3.81. The Labute approximate surface area is 324 Å². The van der Waals surface area contributed by atoms with Gasteiger partial charge in [0.2, 0.25) is 0 Å². The normalized spacial score (nSPS) is 12.4. The molecular formula is C52H37NOS. The van der Waals surface area contributed by atoms with Gasteiger partial charge in [-0.05, 0) is 101 Å². The number of fused-ring (bicyclic) bond motifs is 7. The molecule has 0 saturated carbocycles. The second-order valence-electron chi connectivity index (χ2n) is 14.0. The zero-order chi connectivity index (χ0) is 36.9. The van der Waals surface area contributed by atoms with Crippen LogP contribution in [0.1, 0.15) is 19.4 Å². The minimum atomic E-state index is 0.884. The average molecular weight is 724 g/mol. The van der Waals surface area contributed by atoms with E-state index in [1.54, 1.807) is 0 Å². The first-order valence-electron chi connectivity index (χ1n) is 18.8. The summed E-state index contributed by atoms with van der Waals surface area (Å²) in [4.78, 5) is 2.41. The maximum absolute atomic E-state index is 6.29. The summed E-state index contributed by atoms with van der Waals surface area (Å²) in [7, 11) is 0. The van der Waals surface area contributed by atoms with Gasteiger partial charge < -0.3 is 9.32 Å². The molecule has 2 nitrogen and oxygen atoms in total. The van der Waals surface area contributed by atoms with Crippen molar-refractivity contribution in [2.75, 3.05) is 4.90 Å². The molecule has 0 unspecified atom stereocenters. The summed E-state index contributed by atoms with van der Waals surface area (Å²) in [5.74, 6) is 0. The first kappa shape index (κ1) is 32.9. The number of allylic oxidation sites excluding steroid dienone is 4. The molecule has 0 aliphatic heterocycles. The smallest absolute Gasteiger partial charge is 0.135 e. The van der Waals surface area contributed by atoms with Gasteiger partial charge in [-0.3, -0.25) is 0 Å². The fourth-order valence-corrected chi connectivity index (χ4v) is 9.36. The molecule has 0 amide bonds. The van der Waals surface area contributed by atoms with Gasteiger partial charge >= 0.3 is 0 Å². The lowest BCUT2D eigenvalue weighted by atomic mass is 9.95. The third-order valence-corrected chi connectivity index (χ3v) is 11.9. The topological polar surface area (TPSA) is 16.4 Å². The van der Waals surface area contributed by atoms with Crippen molar-refractivity contribution in [3.63, 3.8) is 0 Å². The van der Waals surface area contributed by atoms with Crippen molar-refractivity contribution in [1.82, 2.24) is 0 Å². The van der Waals surface area contributed by atoms with E-state index in [2.05, 4.69) is 195 Å². The van der Waals surface area contributed by atoms with Gasteiger partial charge in [0.1, 0.15) is 11.2 Å². The zero-order valence-electron chi connectivity index (χ0n) is 30.7. The second kappa shape index (κ2) is 13.6. The molecule has 10 rings (SSSR count). The van der Waals surface area contributed by atoms with Gasteiger partial charge in [-0.2, -0.15) is 0 Å². The Morgan fingerprint density at radius 1 is 0.527 bits per heavy atom. The number of nitrogens with zero attached hydrogens (tertiary/aromatic N) is 1. The molecule has 262 valence electrons. The number of furan rings is 1. The molecule has 55 heavy (non-hydrogen) atoms. The van der Waals surface area contributed by atoms with Crippen LogP contribution in [-0.4, -0.2) is 0 Å². The van der Waals surface area contributed by atoms with E-state index in [0.717, 1.165) is 44.6 Å². The summed E-state index contributed by atoms with van der Waals surface area (Å²) in [6, 6.07) is 63.5. The molecule has 0 aliphatic rings. The van der Waals surface area contributed by atoms with Gasteiger partial charge in [0.25, 0.3) is 0 Å². The molecule has 2 aromatic heterocycles. The van der Waals surface area contributed by atoms with Crippen LogP contribution in [0.2, 0.25) is 0 Å². The van der Waals surface area contributed by atoms with Crippen LogP contribution >= 0.6 is 11.3 Å². The van der Waals surface area contributed by atoms with Crippen molar-refractivity contribution in [2.45, 2.75) is 13.8 Å². The van der Waals surface area contributed by atoms with E-state index in [-0.39, 0.29) is 0 Å². The molecular weight excluding hydrogens is 687 g/mol. The lowest BCUT2D eigenvalue weighted by Gasteiger charge is -2.29. The number of rotatable bonds is 7. The Hall–Kier alpha value is -6.68. The van der Waals surface area contributed by atoms with Crippen molar-refractivity contribution in [1.29, 1.82) is 0 Å². The van der Waals surface area contributed by atoms with E-state index in [9.17, 15) is 0 Å². The molecule has 0 N–H and O–H groups in total. The van der Waals surface area contributed by atoms with Crippen molar-refractivity contribution in [3.05, 3.63) is 199 Å². The van der Waals surface area contributed by atoms with E-state index in [1.807, 2.05) is 23.5 Å². The van der Waals surface area contributed by atoms with Gasteiger partial charge in [-0.1, -0.05) is 140 Å². The Kier molecular flexibility index (Phi) is 8.16. The predicted octanol–water partition coefficient (Wildman–Crippen LogP) is 15.6. The molecule has 10 aromatic rings. The Bertz CT molecular complexity index is 3120. The number of hydrogen-bond acceptors (Lipinski definition) is 3. The van der Waals surface area contributed by atoms with E-state index >= 15 is 0 Å². The number of para-hydroxylation sites is 1. The zero-order valence-corrected chi connectivity index (χ0v) is 31.5. The highest BCUT2D eigenvalue weighted by atomic mass is 32.1. The highest BCUT2D eigenvalue weighted by molar-refractivity contribution is 7.25. The summed E-state index contributed by atoms with van der Waals surface area (Å²) >= 11 is 1.86. The molecule has 3 heteroatoms. The summed E-state index contributed by atoms with van der Waals surface area (Å²) in [5.41, 5.74) is 12.3. The fourth-order valence-electron chi connectivity index (χ4n) is 8.22. The van der Waals surface area contributed by atoms with Gasteiger partial charge in [0, 0.05) is 53.6 Å². The van der Waals surface area contributed by atoms with Crippen LogP contribution < -0.4 is 4.90 Å². The van der Waals surface area contributed by atoms with Crippen molar-refractivity contribution >= 4 is 81.2 Å². The molecule has 0 fully saturated rings. The van der Waals surface area contributed by atoms with Crippen molar-refractivity contribution in [3.8, 4) is 22.3 Å². The maximum Gasteiger partial charge on any atom is 0.135 e. The molecule has 0 aliphatic carbocycles. The first-order valence-corrected chi connectivity index (χ1v) is 19.6. The van der Waals surface area contributed by atoms with Crippen LogP contribution in [0.3, 0.4) is 0 Å². The molecule has 8 aromatic carbocycles. The lowest BCUT2D eigenvalue weighted by Crippen LogP contribution is -2.16.